The van der Waals surface area contributed by atoms with E-state index in [1.807, 2.05) is 62.4 Å². The maximum absolute atomic E-state index is 13.2. The van der Waals surface area contributed by atoms with Crippen LogP contribution in [-0.4, -0.2) is 21.8 Å². The molecule has 10 heteroatoms. The normalized spacial score (nSPS) is 10.9. The molecule has 45 heavy (non-hydrogen) atoms. The summed E-state index contributed by atoms with van der Waals surface area (Å²) in [5.41, 5.74) is 6.21. The van der Waals surface area contributed by atoms with Gasteiger partial charge in [-0.25, -0.2) is 9.97 Å². The van der Waals surface area contributed by atoms with Gasteiger partial charge in [-0.1, -0.05) is 82.9 Å². The molecule has 2 N–H and O–H groups in total. The summed E-state index contributed by atoms with van der Waals surface area (Å²) in [5.74, 6) is -0.443. The minimum atomic E-state index is -0.221. The van der Waals surface area contributed by atoms with Crippen LogP contribution in [0.4, 0.5) is 10.0 Å². The van der Waals surface area contributed by atoms with Crippen molar-refractivity contribution in [1.29, 1.82) is 0 Å². The zero-order chi connectivity index (χ0) is 31.5. The molecular formula is C35H26Cl2N4O2S2. The maximum Gasteiger partial charge on any atom is 0.256 e. The molecule has 0 aliphatic heterocycles. The first-order chi connectivity index (χ1) is 21.7. The lowest BCUT2D eigenvalue weighted by Gasteiger charge is -2.06. The molecule has 0 radical (unpaired) electrons. The average Bonchev–Trinajstić information content (AvgIpc) is 3.61. The Morgan fingerprint density at radius 1 is 0.578 bits per heavy atom. The van der Waals surface area contributed by atoms with Crippen LogP contribution in [0, 0.1) is 13.8 Å². The van der Waals surface area contributed by atoms with E-state index in [4.69, 9.17) is 33.2 Å². The highest BCUT2D eigenvalue weighted by Crippen LogP contribution is 2.38. The number of aryl methyl sites for hydroxylation is 2. The minimum Gasteiger partial charge on any atom is -0.312 e. The Morgan fingerprint density at radius 3 is 1.29 bits per heavy atom. The molecule has 2 amide bonds. The highest BCUT2D eigenvalue weighted by molar-refractivity contribution is 7.18. The van der Waals surface area contributed by atoms with Crippen molar-refractivity contribution in [2.24, 2.45) is 0 Å². The molecule has 6 aromatic rings. The van der Waals surface area contributed by atoms with Crippen LogP contribution >= 0.6 is 45.9 Å². The lowest BCUT2D eigenvalue weighted by atomic mass is 10.1. The van der Waals surface area contributed by atoms with Crippen LogP contribution in [0.3, 0.4) is 0 Å². The number of anilines is 2. The Labute approximate surface area is 278 Å². The summed E-state index contributed by atoms with van der Waals surface area (Å²) in [7, 11) is 0. The Hall–Kier alpha value is -4.34. The van der Waals surface area contributed by atoms with Crippen LogP contribution in [0.15, 0.2) is 97.1 Å². The Kier molecular flexibility index (Phi) is 9.09. The number of carbonyl (C=O) groups is 2. The second kappa shape index (κ2) is 13.3. The second-order valence-electron chi connectivity index (χ2n) is 10.4. The number of nitrogens with one attached hydrogen (secondary N) is 2. The van der Waals surface area contributed by atoms with Gasteiger partial charge >= 0.3 is 0 Å². The molecule has 0 aliphatic rings. The molecule has 6 rings (SSSR count). The van der Waals surface area contributed by atoms with E-state index in [0.29, 0.717) is 49.0 Å². The van der Waals surface area contributed by atoms with Gasteiger partial charge in [0, 0.05) is 32.3 Å². The quantitative estimate of drug-likeness (QED) is 0.169. The molecule has 2 aromatic heterocycles. The Bertz CT molecular complexity index is 1840. The molecule has 4 aromatic carbocycles. The molecule has 0 saturated carbocycles. The van der Waals surface area contributed by atoms with Crippen LogP contribution in [-0.2, 0) is 6.42 Å². The summed E-state index contributed by atoms with van der Waals surface area (Å²) in [4.78, 5) is 36.2. The van der Waals surface area contributed by atoms with Crippen molar-refractivity contribution < 1.29 is 9.59 Å². The first-order valence-corrected chi connectivity index (χ1v) is 16.4. The van der Waals surface area contributed by atoms with Crippen molar-refractivity contribution in [1.82, 2.24) is 9.97 Å². The van der Waals surface area contributed by atoms with Crippen LogP contribution in [0.25, 0.3) is 22.5 Å². The number of thiazole rings is 2. The topological polar surface area (TPSA) is 84.0 Å². The number of aromatic nitrogens is 2. The van der Waals surface area contributed by atoms with E-state index in [9.17, 15) is 9.59 Å². The van der Waals surface area contributed by atoms with E-state index in [1.165, 1.54) is 22.7 Å². The van der Waals surface area contributed by atoms with Crippen molar-refractivity contribution in [2.45, 2.75) is 20.3 Å². The van der Waals surface area contributed by atoms with Gasteiger partial charge in [-0.2, -0.15) is 0 Å². The highest BCUT2D eigenvalue weighted by atomic mass is 35.5. The van der Waals surface area contributed by atoms with Crippen molar-refractivity contribution in [3.63, 3.8) is 0 Å². The van der Waals surface area contributed by atoms with Crippen LogP contribution < -0.4 is 10.6 Å². The van der Waals surface area contributed by atoms with Crippen molar-refractivity contribution in [3.05, 3.63) is 139 Å². The number of hydrogen-bond acceptors (Lipinski definition) is 6. The summed E-state index contributed by atoms with van der Waals surface area (Å²) >= 11 is 15.1. The fraction of sp³-hybridized carbons (Fsp3) is 0.0857. The standard InChI is InChI=1S/C35H26Cl2N4O2S2/c1-20-3-7-24(8-4-20)32(42)40-34-30(22-11-15-26(36)16-12-22)38-28(44-34)19-29-39-31(23-13-17-27(37)18-14-23)35(45-29)41-33(43)25-9-5-21(2)6-10-25/h3-18H,19H2,1-2H3,(H,40,42)(H,41,43). The predicted octanol–water partition coefficient (Wildman–Crippen LogP) is 9.95. The third-order valence-corrected chi connectivity index (χ3v) is 9.41. The van der Waals surface area contributed by atoms with Gasteiger partial charge in [0.25, 0.3) is 11.8 Å². The molecule has 2 heterocycles. The molecule has 0 aliphatic carbocycles. The zero-order valence-electron chi connectivity index (χ0n) is 24.2. The van der Waals surface area contributed by atoms with Gasteiger partial charge < -0.3 is 10.6 Å². The summed E-state index contributed by atoms with van der Waals surface area (Å²) in [6, 6.07) is 29.5. The highest BCUT2D eigenvalue weighted by Gasteiger charge is 2.21. The lowest BCUT2D eigenvalue weighted by Crippen LogP contribution is -2.11. The molecule has 6 nitrogen and oxygen atoms in total. The number of carbonyl (C=O) groups excluding carboxylic acids is 2. The number of hydrogen-bond donors (Lipinski definition) is 2. The van der Waals surface area contributed by atoms with Gasteiger partial charge in [0.15, 0.2) is 0 Å². The monoisotopic (exact) mass is 668 g/mol. The molecular weight excluding hydrogens is 643 g/mol. The van der Waals surface area contributed by atoms with Gasteiger partial charge in [-0.3, -0.25) is 9.59 Å². The molecule has 0 bridgehead atoms. The summed E-state index contributed by atoms with van der Waals surface area (Å²) < 4.78 is 0. The minimum absolute atomic E-state index is 0.221. The van der Waals surface area contributed by atoms with Crippen molar-refractivity contribution >= 4 is 67.7 Å². The van der Waals surface area contributed by atoms with Gasteiger partial charge in [0.2, 0.25) is 0 Å². The van der Waals surface area contributed by atoms with Crippen molar-refractivity contribution in [2.75, 3.05) is 10.6 Å². The fourth-order valence-corrected chi connectivity index (χ4v) is 6.86. The van der Waals surface area contributed by atoms with E-state index < -0.39 is 0 Å². The molecule has 0 spiro atoms. The number of halogens is 2. The second-order valence-corrected chi connectivity index (χ2v) is 13.4. The van der Waals surface area contributed by atoms with Crippen molar-refractivity contribution in [3.8, 4) is 22.5 Å². The van der Waals surface area contributed by atoms with E-state index in [-0.39, 0.29) is 11.8 Å². The first kappa shape index (κ1) is 30.7. The lowest BCUT2D eigenvalue weighted by molar-refractivity contribution is 0.101. The average molecular weight is 670 g/mol. The number of amides is 2. The van der Waals surface area contributed by atoms with Gasteiger partial charge in [-0.15, -0.1) is 22.7 Å². The van der Waals surface area contributed by atoms with Gasteiger partial charge in [0.05, 0.1) is 6.42 Å². The predicted molar refractivity (Wildman–Crippen MR) is 186 cm³/mol. The maximum atomic E-state index is 13.2. The van der Waals surface area contributed by atoms with E-state index in [2.05, 4.69) is 10.6 Å². The molecule has 0 unspecified atom stereocenters. The van der Waals surface area contributed by atoms with E-state index >= 15 is 0 Å². The SMILES string of the molecule is Cc1ccc(C(=O)Nc2sc(Cc3nc(-c4ccc(Cl)cc4)c(NC(=O)c4ccc(C)cc4)s3)nc2-c2ccc(Cl)cc2)cc1. The third-order valence-electron chi connectivity index (χ3n) is 6.96. The first-order valence-electron chi connectivity index (χ1n) is 14.0. The van der Waals surface area contributed by atoms with Crippen LogP contribution in [0.5, 0.6) is 0 Å². The number of benzene rings is 4. The smallest absolute Gasteiger partial charge is 0.256 e. The van der Waals surface area contributed by atoms with Gasteiger partial charge in [0.1, 0.15) is 31.4 Å². The summed E-state index contributed by atoms with van der Waals surface area (Å²) in [6.07, 6.45) is 0.400. The molecule has 0 saturated heterocycles. The summed E-state index contributed by atoms with van der Waals surface area (Å²) in [6.45, 7) is 3.96. The molecule has 0 fully saturated rings. The summed E-state index contributed by atoms with van der Waals surface area (Å²) in [5, 5.41) is 10.1. The Balaban J connectivity index is 1.33. The number of nitrogens with zero attached hydrogens (tertiary/aromatic N) is 2. The third kappa shape index (κ3) is 7.32. The van der Waals surface area contributed by atoms with E-state index in [0.717, 1.165) is 32.3 Å². The van der Waals surface area contributed by atoms with Gasteiger partial charge in [-0.05, 0) is 62.4 Å². The molecule has 224 valence electrons. The van der Waals surface area contributed by atoms with Crippen LogP contribution in [0.2, 0.25) is 10.0 Å². The van der Waals surface area contributed by atoms with Crippen LogP contribution in [0.1, 0.15) is 41.9 Å². The largest absolute Gasteiger partial charge is 0.312 e. The molecule has 0 atom stereocenters. The fourth-order valence-electron chi connectivity index (χ4n) is 4.55. The number of rotatable bonds is 8. The zero-order valence-corrected chi connectivity index (χ0v) is 27.4. The Morgan fingerprint density at radius 2 is 0.933 bits per heavy atom. The van der Waals surface area contributed by atoms with E-state index in [1.54, 1.807) is 48.5 Å².